The number of ether oxygens (including phenoxy) is 4. The molecule has 0 aromatic carbocycles. The Hall–Kier alpha value is -1.03. The summed E-state index contributed by atoms with van der Waals surface area (Å²) in [6.07, 6.45) is 7.78. The molecule has 6 aliphatic rings. The highest BCUT2D eigenvalue weighted by Crippen LogP contribution is 2.71. The monoisotopic (exact) mass is 534 g/mol. The van der Waals surface area contributed by atoms with Crippen LogP contribution < -0.4 is 0 Å². The van der Waals surface area contributed by atoms with Gasteiger partial charge in [-0.2, -0.15) is 0 Å². The van der Waals surface area contributed by atoms with Crippen molar-refractivity contribution >= 4 is 5.97 Å². The first-order valence-electron chi connectivity index (χ1n) is 14.8. The van der Waals surface area contributed by atoms with Crippen LogP contribution in [0.15, 0.2) is 11.6 Å². The van der Waals surface area contributed by atoms with E-state index in [2.05, 4.69) is 13.8 Å². The number of hydrogen-bond donors (Lipinski definition) is 3. The van der Waals surface area contributed by atoms with E-state index in [1.807, 2.05) is 6.92 Å². The summed E-state index contributed by atoms with van der Waals surface area (Å²) in [5.41, 5.74) is -1.88. The maximum Gasteiger partial charge on any atom is 0.331 e. The molecule has 0 aromatic heterocycles. The summed E-state index contributed by atoms with van der Waals surface area (Å²) in [6, 6.07) is 0. The molecule has 3 N–H and O–H groups in total. The Labute approximate surface area is 226 Å². The quantitative estimate of drug-likeness (QED) is 0.372. The Bertz CT molecular complexity index is 983. The minimum atomic E-state index is -1.18. The average molecular weight is 535 g/mol. The van der Waals surface area contributed by atoms with Crippen molar-refractivity contribution in [3.8, 4) is 0 Å². The number of aliphatic hydroxyl groups excluding tert-OH is 1. The van der Waals surface area contributed by atoms with E-state index in [0.717, 1.165) is 50.5 Å². The lowest BCUT2D eigenvalue weighted by molar-refractivity contribution is -0.304. The summed E-state index contributed by atoms with van der Waals surface area (Å²) in [5, 5.41) is 35.2. The van der Waals surface area contributed by atoms with Crippen LogP contribution in [0.1, 0.15) is 85.0 Å². The molecule has 4 saturated carbocycles. The molecule has 214 valence electrons. The van der Waals surface area contributed by atoms with Crippen LogP contribution in [0.25, 0.3) is 0 Å². The lowest BCUT2D eigenvalue weighted by Gasteiger charge is -2.67. The normalized spacial score (nSPS) is 54.5. The first-order valence-corrected chi connectivity index (χ1v) is 14.8. The van der Waals surface area contributed by atoms with E-state index >= 15 is 0 Å². The van der Waals surface area contributed by atoms with Gasteiger partial charge in [0.1, 0.15) is 12.7 Å². The summed E-state index contributed by atoms with van der Waals surface area (Å²) in [4.78, 5) is 11.8. The molecule has 8 nitrogen and oxygen atoms in total. The van der Waals surface area contributed by atoms with Crippen molar-refractivity contribution in [2.24, 2.45) is 28.6 Å². The molecule has 2 aliphatic heterocycles. The predicted molar refractivity (Wildman–Crippen MR) is 138 cm³/mol. The molecule has 12 atom stereocenters. The van der Waals surface area contributed by atoms with Crippen molar-refractivity contribution in [2.75, 3.05) is 13.7 Å². The van der Waals surface area contributed by atoms with Gasteiger partial charge in [0.05, 0.1) is 29.5 Å². The van der Waals surface area contributed by atoms with Gasteiger partial charge in [0, 0.05) is 25.0 Å². The van der Waals surface area contributed by atoms with E-state index in [-0.39, 0.29) is 47.8 Å². The fraction of sp³-hybridized carbons (Fsp3) is 0.900. The number of fused-ring (bicyclic) bond motifs is 5. The van der Waals surface area contributed by atoms with Crippen molar-refractivity contribution in [3.05, 3.63) is 11.6 Å². The zero-order chi connectivity index (χ0) is 27.1. The maximum absolute atomic E-state index is 12.5. The van der Waals surface area contributed by atoms with Crippen LogP contribution in [0.5, 0.6) is 0 Å². The zero-order valence-electron chi connectivity index (χ0n) is 23.4. The van der Waals surface area contributed by atoms with E-state index in [0.29, 0.717) is 31.8 Å². The first kappa shape index (κ1) is 27.2. The van der Waals surface area contributed by atoms with Gasteiger partial charge in [0.2, 0.25) is 0 Å². The van der Waals surface area contributed by atoms with Gasteiger partial charge in [-0.15, -0.1) is 0 Å². The smallest absolute Gasteiger partial charge is 0.331 e. The second-order valence-corrected chi connectivity index (χ2v) is 13.8. The average Bonchev–Trinajstić information content (AvgIpc) is 3.42. The number of aliphatic hydroxyl groups is 3. The molecule has 4 aliphatic carbocycles. The topological polar surface area (TPSA) is 115 Å². The molecule has 0 amide bonds. The molecule has 2 heterocycles. The van der Waals surface area contributed by atoms with Crippen molar-refractivity contribution in [1.82, 2.24) is 0 Å². The molecule has 38 heavy (non-hydrogen) atoms. The lowest BCUT2D eigenvalue weighted by Crippen LogP contribution is -2.73. The van der Waals surface area contributed by atoms with E-state index in [1.54, 1.807) is 13.2 Å². The Morgan fingerprint density at radius 2 is 1.82 bits per heavy atom. The van der Waals surface area contributed by atoms with Crippen molar-refractivity contribution in [3.63, 3.8) is 0 Å². The summed E-state index contributed by atoms with van der Waals surface area (Å²) >= 11 is 0. The Kier molecular flexibility index (Phi) is 6.61. The predicted octanol–water partition coefficient (Wildman–Crippen LogP) is 3.25. The second-order valence-electron chi connectivity index (χ2n) is 13.8. The van der Waals surface area contributed by atoms with Gasteiger partial charge in [-0.25, -0.2) is 4.79 Å². The summed E-state index contributed by atoms with van der Waals surface area (Å²) in [6.45, 7) is 6.64. The minimum absolute atomic E-state index is 0.0286. The highest BCUT2D eigenvalue weighted by atomic mass is 16.7. The van der Waals surface area contributed by atoms with Gasteiger partial charge in [-0.3, -0.25) is 0 Å². The van der Waals surface area contributed by atoms with Crippen LogP contribution in [0.2, 0.25) is 0 Å². The molecule has 6 rings (SSSR count). The fourth-order valence-electron chi connectivity index (χ4n) is 10.1. The highest BCUT2D eigenvalue weighted by Gasteiger charge is 2.74. The Morgan fingerprint density at radius 1 is 1.03 bits per heavy atom. The SMILES string of the molecule is COC1CC(OC2CC[C@@]3(C)[C@H](CC[C@]4(O)[C@@H]3CC[C@]3(C)[C@@H](C5=CC(=O)OC5)CC[C@@]34O)C2)OC(C)C1O. The third kappa shape index (κ3) is 3.73. The van der Waals surface area contributed by atoms with E-state index in [1.165, 1.54) is 0 Å². The molecule has 5 unspecified atom stereocenters. The maximum atomic E-state index is 12.5. The van der Waals surface area contributed by atoms with Crippen LogP contribution in [-0.4, -0.2) is 76.9 Å². The minimum Gasteiger partial charge on any atom is -0.458 e. The van der Waals surface area contributed by atoms with E-state index in [4.69, 9.17) is 18.9 Å². The largest absolute Gasteiger partial charge is 0.458 e. The van der Waals surface area contributed by atoms with Gasteiger partial charge in [0.25, 0.3) is 0 Å². The van der Waals surface area contributed by atoms with E-state index < -0.39 is 22.7 Å². The van der Waals surface area contributed by atoms with Crippen molar-refractivity contribution in [2.45, 2.75) is 127 Å². The number of rotatable bonds is 4. The van der Waals surface area contributed by atoms with E-state index in [9.17, 15) is 20.1 Å². The third-order valence-corrected chi connectivity index (χ3v) is 12.3. The lowest BCUT2D eigenvalue weighted by atomic mass is 9.41. The van der Waals surface area contributed by atoms with Crippen LogP contribution in [-0.2, 0) is 23.7 Å². The molecular weight excluding hydrogens is 488 g/mol. The van der Waals surface area contributed by atoms with Gasteiger partial charge in [-0.1, -0.05) is 13.8 Å². The molecule has 0 radical (unpaired) electrons. The molecule has 0 aromatic rings. The molecule has 5 fully saturated rings. The van der Waals surface area contributed by atoms with Crippen LogP contribution in [0.3, 0.4) is 0 Å². The summed E-state index contributed by atoms with van der Waals surface area (Å²) in [5.74, 6) is 0.206. The number of esters is 1. The first-order chi connectivity index (χ1) is 17.9. The van der Waals surface area contributed by atoms with Crippen molar-refractivity contribution < 1.29 is 39.1 Å². The molecule has 8 heteroatoms. The molecular formula is C30H46O8. The number of hydrogen-bond acceptors (Lipinski definition) is 8. The van der Waals surface area contributed by atoms with Gasteiger partial charge in [0.15, 0.2) is 6.29 Å². The fourth-order valence-corrected chi connectivity index (χ4v) is 10.1. The highest BCUT2D eigenvalue weighted by molar-refractivity contribution is 5.85. The standard InChI is InChI=1S/C30H46O8/c1-17-26(32)22(35-4)15-25(37-17)38-20-6-9-27(2)19(14-20)5-11-29(33)23(27)8-10-28(3)21(7-12-30(28,29)34)18-13-24(31)36-16-18/h13,17,19-23,25-26,32-34H,5-12,14-16H2,1-4H3/t17?,19-,20?,21-,22?,23-,25?,26?,27+,28-,29+,30-/m1/s1. The van der Waals surface area contributed by atoms with Gasteiger partial charge >= 0.3 is 5.97 Å². The Balaban J connectivity index is 1.18. The van der Waals surface area contributed by atoms with Gasteiger partial charge in [-0.05, 0) is 93.5 Å². The van der Waals surface area contributed by atoms with Crippen LogP contribution in [0, 0.1) is 28.6 Å². The number of methoxy groups -OCH3 is 1. The summed E-state index contributed by atoms with van der Waals surface area (Å²) < 4.78 is 23.1. The molecule has 0 bridgehead atoms. The molecule has 1 saturated heterocycles. The molecule has 0 spiro atoms. The van der Waals surface area contributed by atoms with Gasteiger partial charge < -0.3 is 34.3 Å². The Morgan fingerprint density at radius 3 is 2.53 bits per heavy atom. The number of carbonyl (C=O) groups is 1. The van der Waals surface area contributed by atoms with Crippen LogP contribution >= 0.6 is 0 Å². The second kappa shape index (κ2) is 9.25. The zero-order valence-corrected chi connectivity index (χ0v) is 23.4. The number of cyclic esters (lactones) is 1. The third-order valence-electron chi connectivity index (χ3n) is 12.3. The summed E-state index contributed by atoms with van der Waals surface area (Å²) in [7, 11) is 1.62. The van der Waals surface area contributed by atoms with Crippen molar-refractivity contribution in [1.29, 1.82) is 0 Å². The van der Waals surface area contributed by atoms with Crippen LogP contribution in [0.4, 0.5) is 0 Å². The number of carbonyl (C=O) groups excluding carboxylic acids is 1.